The van der Waals surface area contributed by atoms with Crippen molar-refractivity contribution >= 4 is 54.4 Å². The van der Waals surface area contributed by atoms with E-state index < -0.39 is 10.0 Å². The van der Waals surface area contributed by atoms with Crippen molar-refractivity contribution in [2.24, 2.45) is 0 Å². The summed E-state index contributed by atoms with van der Waals surface area (Å²) in [5, 5.41) is 1.94. The number of nitrogens with zero attached hydrogens (tertiary/aromatic N) is 4. The number of thioether (sulfide) groups is 1. The molecule has 0 fully saturated rings. The van der Waals surface area contributed by atoms with Crippen LogP contribution in [0.1, 0.15) is 25.8 Å². The third-order valence-electron chi connectivity index (χ3n) is 5.01. The zero-order valence-electron chi connectivity index (χ0n) is 17.2. The van der Waals surface area contributed by atoms with E-state index in [1.165, 1.54) is 9.01 Å². The van der Waals surface area contributed by atoms with Gasteiger partial charge < -0.3 is 4.57 Å². The van der Waals surface area contributed by atoms with Gasteiger partial charge in [-0.15, -0.1) is 11.3 Å². The first-order valence-electron chi connectivity index (χ1n) is 9.95. The molecule has 0 aliphatic heterocycles. The number of para-hydroxylation sites is 1. The molecule has 4 rings (SSSR count). The number of imidazole rings is 1. The molecule has 0 spiro atoms. The molecule has 0 unspecified atom stereocenters. The Balaban J connectivity index is 1.65. The first-order chi connectivity index (χ1) is 14.5. The van der Waals surface area contributed by atoms with E-state index in [-0.39, 0.29) is 0 Å². The van der Waals surface area contributed by atoms with Crippen LogP contribution < -0.4 is 0 Å². The predicted molar refractivity (Wildman–Crippen MR) is 125 cm³/mol. The van der Waals surface area contributed by atoms with Gasteiger partial charge in [-0.05, 0) is 37.3 Å². The highest BCUT2D eigenvalue weighted by Crippen LogP contribution is 2.31. The molecule has 0 atom stereocenters. The van der Waals surface area contributed by atoms with Crippen LogP contribution in [0.25, 0.3) is 21.3 Å². The largest absolute Gasteiger partial charge is 0.319 e. The van der Waals surface area contributed by atoms with Gasteiger partial charge in [-0.3, -0.25) is 0 Å². The number of rotatable bonds is 8. The highest BCUT2D eigenvalue weighted by Gasteiger charge is 2.23. The summed E-state index contributed by atoms with van der Waals surface area (Å²) in [6.45, 7) is 7.43. The second kappa shape index (κ2) is 8.66. The Morgan fingerprint density at radius 2 is 1.80 bits per heavy atom. The molecular formula is C21H24N4O2S3. The average molecular weight is 461 g/mol. The second-order valence-corrected chi connectivity index (χ2v) is 10.7. The van der Waals surface area contributed by atoms with Gasteiger partial charge in [0.1, 0.15) is 5.01 Å². The smallest absolute Gasteiger partial charge is 0.243 e. The molecule has 2 heterocycles. The number of hydrogen-bond acceptors (Lipinski definition) is 6. The summed E-state index contributed by atoms with van der Waals surface area (Å²) < 4.78 is 30.5. The molecule has 0 radical (unpaired) electrons. The third kappa shape index (κ3) is 3.87. The van der Waals surface area contributed by atoms with Crippen LogP contribution in [0, 0.1) is 0 Å². The van der Waals surface area contributed by atoms with E-state index in [0.29, 0.717) is 23.5 Å². The SMILES string of the molecule is CCN(CC)S(=O)(=O)c1ccc2c(c1)nc(SCc1nc3ccccc3s1)n2CC. The summed E-state index contributed by atoms with van der Waals surface area (Å²) in [6, 6.07) is 13.4. The Labute approximate surface area is 185 Å². The van der Waals surface area contributed by atoms with Gasteiger partial charge in [0.05, 0.1) is 31.9 Å². The maximum absolute atomic E-state index is 12.9. The molecule has 0 bridgehead atoms. The highest BCUT2D eigenvalue weighted by molar-refractivity contribution is 7.98. The molecule has 0 N–H and O–H groups in total. The number of fused-ring (bicyclic) bond motifs is 2. The summed E-state index contributed by atoms with van der Waals surface area (Å²) in [5.41, 5.74) is 2.67. The van der Waals surface area contributed by atoms with Crippen molar-refractivity contribution in [1.29, 1.82) is 0 Å². The third-order valence-corrected chi connectivity index (χ3v) is 9.26. The number of aromatic nitrogens is 3. The maximum atomic E-state index is 12.9. The van der Waals surface area contributed by atoms with Crippen molar-refractivity contribution in [3.8, 4) is 0 Å². The van der Waals surface area contributed by atoms with Crippen molar-refractivity contribution in [1.82, 2.24) is 18.8 Å². The van der Waals surface area contributed by atoms with E-state index in [1.807, 2.05) is 38.1 Å². The van der Waals surface area contributed by atoms with Crippen LogP contribution in [-0.4, -0.2) is 40.3 Å². The van der Waals surface area contributed by atoms with Crippen molar-refractivity contribution in [2.45, 2.75) is 43.1 Å². The zero-order chi connectivity index (χ0) is 21.3. The Morgan fingerprint density at radius 3 is 2.50 bits per heavy atom. The van der Waals surface area contributed by atoms with Crippen LogP contribution in [0.2, 0.25) is 0 Å². The number of thiazole rings is 1. The van der Waals surface area contributed by atoms with Crippen molar-refractivity contribution in [3.63, 3.8) is 0 Å². The number of benzene rings is 2. The fraction of sp³-hybridized carbons (Fsp3) is 0.333. The summed E-state index contributed by atoms with van der Waals surface area (Å²) >= 11 is 3.33. The Hall–Kier alpha value is -1.94. The minimum Gasteiger partial charge on any atom is -0.319 e. The van der Waals surface area contributed by atoms with E-state index >= 15 is 0 Å². The Kier molecular flexibility index (Phi) is 6.15. The molecule has 0 saturated heterocycles. The molecule has 9 heteroatoms. The molecule has 0 amide bonds. The van der Waals surface area contributed by atoms with Crippen LogP contribution in [0.4, 0.5) is 0 Å². The lowest BCUT2D eigenvalue weighted by Gasteiger charge is -2.18. The summed E-state index contributed by atoms with van der Waals surface area (Å²) in [4.78, 5) is 9.75. The van der Waals surface area contributed by atoms with Gasteiger partial charge in [-0.25, -0.2) is 18.4 Å². The van der Waals surface area contributed by atoms with Gasteiger partial charge >= 0.3 is 0 Å². The minimum atomic E-state index is -3.50. The second-order valence-electron chi connectivity index (χ2n) is 6.74. The van der Waals surface area contributed by atoms with E-state index in [4.69, 9.17) is 9.97 Å². The van der Waals surface area contributed by atoms with Gasteiger partial charge in [0.15, 0.2) is 5.16 Å². The van der Waals surface area contributed by atoms with Gasteiger partial charge in [0.2, 0.25) is 10.0 Å². The molecule has 0 aliphatic carbocycles. The Bertz CT molecular complexity index is 1260. The molecule has 4 aromatic rings. The molecule has 0 saturated carbocycles. The van der Waals surface area contributed by atoms with E-state index in [9.17, 15) is 8.42 Å². The van der Waals surface area contributed by atoms with Crippen LogP contribution in [-0.2, 0) is 22.3 Å². The molecule has 6 nitrogen and oxygen atoms in total. The first-order valence-corrected chi connectivity index (χ1v) is 13.2. The summed E-state index contributed by atoms with van der Waals surface area (Å²) in [6.07, 6.45) is 0. The Morgan fingerprint density at radius 1 is 1.03 bits per heavy atom. The number of hydrogen-bond donors (Lipinski definition) is 0. The van der Waals surface area contributed by atoms with Crippen LogP contribution in [0.3, 0.4) is 0 Å². The fourth-order valence-corrected chi connectivity index (χ4v) is 7.00. The van der Waals surface area contributed by atoms with Crippen LogP contribution >= 0.6 is 23.1 Å². The summed E-state index contributed by atoms with van der Waals surface area (Å²) in [7, 11) is -3.50. The van der Waals surface area contributed by atoms with Crippen molar-refractivity contribution < 1.29 is 8.42 Å². The van der Waals surface area contributed by atoms with E-state index in [2.05, 4.69) is 17.6 Å². The molecule has 2 aromatic heterocycles. The maximum Gasteiger partial charge on any atom is 0.243 e. The van der Waals surface area contributed by atoms with Crippen LogP contribution in [0.15, 0.2) is 52.5 Å². The fourth-order valence-electron chi connectivity index (χ4n) is 3.48. The van der Waals surface area contributed by atoms with Crippen LogP contribution in [0.5, 0.6) is 0 Å². The number of sulfonamides is 1. The minimum absolute atomic E-state index is 0.294. The zero-order valence-corrected chi connectivity index (χ0v) is 19.6. The number of aryl methyl sites for hydroxylation is 1. The van der Waals surface area contributed by atoms with E-state index in [0.717, 1.165) is 33.5 Å². The van der Waals surface area contributed by atoms with Gasteiger partial charge in [0, 0.05) is 19.6 Å². The van der Waals surface area contributed by atoms with Crippen molar-refractivity contribution in [2.75, 3.05) is 13.1 Å². The predicted octanol–water partition coefficient (Wildman–Crippen LogP) is 4.99. The highest BCUT2D eigenvalue weighted by atomic mass is 32.2. The molecule has 2 aromatic carbocycles. The quantitative estimate of drug-likeness (QED) is 0.347. The summed E-state index contributed by atoms with van der Waals surface area (Å²) in [5.74, 6) is 0.729. The monoisotopic (exact) mass is 460 g/mol. The average Bonchev–Trinajstić information content (AvgIpc) is 3.32. The van der Waals surface area contributed by atoms with Gasteiger partial charge in [-0.1, -0.05) is 37.7 Å². The molecule has 30 heavy (non-hydrogen) atoms. The molecule has 0 aliphatic rings. The lowest BCUT2D eigenvalue weighted by atomic mass is 10.3. The first kappa shape index (κ1) is 21.3. The normalized spacial score (nSPS) is 12.4. The molecule has 158 valence electrons. The topological polar surface area (TPSA) is 68.1 Å². The van der Waals surface area contributed by atoms with Crippen molar-refractivity contribution in [3.05, 3.63) is 47.5 Å². The van der Waals surface area contributed by atoms with Gasteiger partial charge in [0.25, 0.3) is 0 Å². The lowest BCUT2D eigenvalue weighted by Crippen LogP contribution is -2.30. The standard InChI is InChI=1S/C21H24N4O2S3/c1-4-24(5-2)30(26,27)15-11-12-18-17(13-15)23-21(25(18)6-3)28-14-20-22-16-9-7-8-10-19(16)29-20/h7-13H,4-6,14H2,1-3H3. The van der Waals surface area contributed by atoms with E-state index in [1.54, 1.807) is 35.2 Å². The lowest BCUT2D eigenvalue weighted by molar-refractivity contribution is 0.445. The van der Waals surface area contributed by atoms with Gasteiger partial charge in [-0.2, -0.15) is 4.31 Å². The molecular weight excluding hydrogens is 436 g/mol.